The van der Waals surface area contributed by atoms with Crippen molar-refractivity contribution in [3.63, 3.8) is 0 Å². The highest BCUT2D eigenvalue weighted by Crippen LogP contribution is 2.43. The minimum atomic E-state index is -3.64. The van der Waals surface area contributed by atoms with Gasteiger partial charge in [0.15, 0.2) is 0 Å². The van der Waals surface area contributed by atoms with Gasteiger partial charge in [-0.2, -0.15) is 0 Å². The number of benzene rings is 4. The van der Waals surface area contributed by atoms with Crippen LogP contribution in [0, 0.1) is 5.82 Å². The summed E-state index contributed by atoms with van der Waals surface area (Å²) in [6.07, 6.45) is 4.23. The minimum Gasteiger partial charge on any atom is -0.381 e. The molecule has 0 aliphatic carbocycles. The summed E-state index contributed by atoms with van der Waals surface area (Å²) in [6.45, 7) is 4.19. The molecule has 8 nitrogen and oxygen atoms in total. The van der Waals surface area contributed by atoms with Gasteiger partial charge in [-0.05, 0) is 150 Å². The Morgan fingerprint density at radius 3 is 1.43 bits per heavy atom. The van der Waals surface area contributed by atoms with Gasteiger partial charge in [0.05, 0.1) is 19.6 Å². The van der Waals surface area contributed by atoms with E-state index in [0.29, 0.717) is 33.7 Å². The number of nitrogens with one attached hydrogen (secondary N) is 2. The zero-order chi connectivity index (χ0) is 34.3. The van der Waals surface area contributed by atoms with Crippen LogP contribution in [-0.2, 0) is 19.7 Å². The van der Waals surface area contributed by atoms with E-state index in [9.17, 15) is 21.2 Å². The van der Waals surface area contributed by atoms with Crippen LogP contribution in [0.2, 0.25) is 0 Å². The highest BCUT2D eigenvalue weighted by molar-refractivity contribution is 7.91. The van der Waals surface area contributed by atoms with E-state index in [1.54, 1.807) is 42.5 Å². The maximum atomic E-state index is 13.1. The summed E-state index contributed by atoms with van der Waals surface area (Å²) in [4.78, 5) is 5.82. The second kappa shape index (κ2) is 13.5. The SMILES string of the molecule is CN1CC[C@@H]2Nc3ccc(S(=O)(=O)c4ccc(F)cc4)cc3[C@H]2CC1.CN1CC[C@@H]2Nc3ccc(S(=O)(=O)c4ccccc4)cc3[C@H]2CC1. The first-order chi connectivity index (χ1) is 23.5. The monoisotopic (exact) mass is 702 g/mol. The Kier molecular flexibility index (Phi) is 9.29. The lowest BCUT2D eigenvalue weighted by molar-refractivity contribution is 0.346. The number of fused-ring (bicyclic) bond motifs is 6. The number of hydrogen-bond donors (Lipinski definition) is 2. The molecule has 4 atom stereocenters. The van der Waals surface area contributed by atoms with Crippen LogP contribution in [-0.4, -0.2) is 79.0 Å². The van der Waals surface area contributed by atoms with E-state index in [-0.39, 0.29) is 9.79 Å². The lowest BCUT2D eigenvalue weighted by Gasteiger charge is -2.16. The fourth-order valence-corrected chi connectivity index (χ4v) is 10.3. The predicted molar refractivity (Wildman–Crippen MR) is 190 cm³/mol. The van der Waals surface area contributed by atoms with Crippen LogP contribution in [0.15, 0.2) is 111 Å². The van der Waals surface area contributed by atoms with Crippen molar-refractivity contribution in [2.75, 3.05) is 50.9 Å². The third kappa shape index (κ3) is 6.73. The molecule has 4 aromatic rings. The third-order valence-corrected chi connectivity index (χ3v) is 14.1. The number of hydrogen-bond acceptors (Lipinski definition) is 8. The molecule has 0 aromatic heterocycles. The molecule has 0 amide bonds. The van der Waals surface area contributed by atoms with Gasteiger partial charge in [0, 0.05) is 35.3 Å². The van der Waals surface area contributed by atoms with E-state index in [1.807, 2.05) is 24.3 Å². The van der Waals surface area contributed by atoms with Gasteiger partial charge in [-0.3, -0.25) is 0 Å². The zero-order valence-corrected chi connectivity index (χ0v) is 29.5. The van der Waals surface area contributed by atoms with Gasteiger partial charge in [0.2, 0.25) is 19.7 Å². The first-order valence-corrected chi connectivity index (χ1v) is 20.0. The van der Waals surface area contributed by atoms with Gasteiger partial charge < -0.3 is 20.4 Å². The Morgan fingerprint density at radius 2 is 0.959 bits per heavy atom. The van der Waals surface area contributed by atoms with Crippen LogP contribution in [0.4, 0.5) is 15.8 Å². The van der Waals surface area contributed by atoms with Gasteiger partial charge in [0.25, 0.3) is 0 Å². The summed E-state index contributed by atoms with van der Waals surface area (Å²) in [5.74, 6) is 0.293. The molecule has 0 unspecified atom stereocenters. The van der Waals surface area contributed by atoms with Crippen LogP contribution in [0.25, 0.3) is 0 Å². The number of rotatable bonds is 4. The largest absolute Gasteiger partial charge is 0.381 e. The predicted octanol–water partition coefficient (Wildman–Crippen LogP) is 6.38. The standard InChI is InChI=1S/C19H21FN2O2S.C19H22N2O2S/c1-22-10-8-16-17-12-15(6-7-18(17)21-19(16)9-11-22)25(23,24)14-4-2-13(20)3-5-14;1-21-11-9-16-17-13-15(7-8-18(17)20-19(16)10-12-21)24(22,23)14-5-3-2-4-6-14/h2-7,12,16,19,21H,8-11H2,1H3;2-8,13,16,19-20H,9-12H2,1H3/t2*16-,19+/m11/s1. The Hall–Kier alpha value is -3.77. The summed E-state index contributed by atoms with van der Waals surface area (Å²) in [7, 11) is -2.82. The quantitative estimate of drug-likeness (QED) is 0.237. The Balaban J connectivity index is 0.000000154. The van der Waals surface area contributed by atoms with Crippen molar-refractivity contribution in [3.8, 4) is 0 Å². The van der Waals surface area contributed by atoms with Crippen LogP contribution in [0.5, 0.6) is 0 Å². The molecule has 258 valence electrons. The van der Waals surface area contributed by atoms with Crippen molar-refractivity contribution in [3.05, 3.63) is 108 Å². The zero-order valence-electron chi connectivity index (χ0n) is 27.8. The average molecular weight is 703 g/mol. The van der Waals surface area contributed by atoms with Crippen molar-refractivity contribution in [1.82, 2.24) is 9.80 Å². The maximum Gasteiger partial charge on any atom is 0.206 e. The second-order valence-electron chi connectivity index (χ2n) is 13.7. The van der Waals surface area contributed by atoms with Gasteiger partial charge >= 0.3 is 0 Å². The van der Waals surface area contributed by atoms with E-state index < -0.39 is 25.5 Å². The molecule has 4 heterocycles. The van der Waals surface area contributed by atoms with Crippen molar-refractivity contribution in [1.29, 1.82) is 0 Å². The molecule has 2 N–H and O–H groups in total. The summed E-state index contributed by atoms with van der Waals surface area (Å²) in [5, 5.41) is 7.15. The van der Waals surface area contributed by atoms with Crippen LogP contribution in [0.3, 0.4) is 0 Å². The van der Waals surface area contributed by atoms with E-state index in [4.69, 9.17) is 0 Å². The summed E-state index contributed by atoms with van der Waals surface area (Å²) in [5.41, 5.74) is 4.38. The molecule has 4 aliphatic rings. The number of nitrogens with zero attached hydrogens (tertiary/aromatic N) is 2. The Morgan fingerprint density at radius 1 is 0.551 bits per heavy atom. The molecule has 0 radical (unpaired) electrons. The molecule has 0 spiro atoms. The molecule has 0 saturated carbocycles. The summed E-state index contributed by atoms with van der Waals surface area (Å²) in [6, 6.07) is 25.3. The van der Waals surface area contributed by atoms with E-state index in [0.717, 1.165) is 74.4 Å². The molecule has 11 heteroatoms. The van der Waals surface area contributed by atoms with Gasteiger partial charge in [-0.25, -0.2) is 21.2 Å². The Bertz CT molecular complexity index is 2040. The molecule has 49 heavy (non-hydrogen) atoms. The number of likely N-dealkylation sites (tertiary alicyclic amines) is 2. The van der Waals surface area contributed by atoms with Crippen LogP contribution >= 0.6 is 0 Å². The maximum absolute atomic E-state index is 13.1. The van der Waals surface area contributed by atoms with Crippen LogP contribution in [0.1, 0.15) is 48.6 Å². The normalized spacial score (nSPS) is 23.7. The molecule has 4 aliphatic heterocycles. The molecule has 8 rings (SSSR count). The highest BCUT2D eigenvalue weighted by atomic mass is 32.2. The minimum absolute atomic E-state index is 0.122. The molecular weight excluding hydrogens is 660 g/mol. The third-order valence-electron chi connectivity index (χ3n) is 10.6. The van der Waals surface area contributed by atoms with Crippen molar-refractivity contribution in [2.45, 2.75) is 69.2 Å². The van der Waals surface area contributed by atoms with Crippen molar-refractivity contribution < 1.29 is 21.2 Å². The van der Waals surface area contributed by atoms with Gasteiger partial charge in [-0.1, -0.05) is 18.2 Å². The van der Waals surface area contributed by atoms with Crippen LogP contribution < -0.4 is 10.6 Å². The van der Waals surface area contributed by atoms with E-state index in [1.165, 1.54) is 24.3 Å². The fraction of sp³-hybridized carbons (Fsp3) is 0.368. The number of halogens is 1. The molecule has 0 bridgehead atoms. The second-order valence-corrected chi connectivity index (χ2v) is 17.6. The topological polar surface area (TPSA) is 98.8 Å². The summed E-state index contributed by atoms with van der Waals surface area (Å²) >= 11 is 0. The van der Waals surface area contributed by atoms with Crippen molar-refractivity contribution in [2.24, 2.45) is 0 Å². The van der Waals surface area contributed by atoms with E-state index >= 15 is 0 Å². The smallest absolute Gasteiger partial charge is 0.206 e. The lowest BCUT2D eigenvalue weighted by atomic mass is 9.91. The van der Waals surface area contributed by atoms with Crippen molar-refractivity contribution >= 4 is 31.0 Å². The number of anilines is 2. The molecule has 2 saturated heterocycles. The first-order valence-electron chi connectivity index (χ1n) is 17.0. The lowest BCUT2D eigenvalue weighted by Crippen LogP contribution is -2.22. The Labute approximate surface area is 289 Å². The molecule has 4 aromatic carbocycles. The first kappa shape index (κ1) is 33.7. The molecule has 2 fully saturated rings. The number of sulfone groups is 2. The highest BCUT2D eigenvalue weighted by Gasteiger charge is 2.36. The van der Waals surface area contributed by atoms with Gasteiger partial charge in [0.1, 0.15) is 5.82 Å². The molecular formula is C38H43FN4O4S2. The fourth-order valence-electron chi connectivity index (χ4n) is 7.73. The average Bonchev–Trinajstić information content (AvgIpc) is 3.50. The van der Waals surface area contributed by atoms with E-state index in [2.05, 4.69) is 34.5 Å². The summed E-state index contributed by atoms with van der Waals surface area (Å²) < 4.78 is 64.6. The van der Waals surface area contributed by atoms with Gasteiger partial charge in [-0.15, -0.1) is 0 Å².